The van der Waals surface area contributed by atoms with Gasteiger partial charge in [-0.2, -0.15) is 0 Å². The summed E-state index contributed by atoms with van der Waals surface area (Å²) in [4.78, 5) is 0. The summed E-state index contributed by atoms with van der Waals surface area (Å²) in [5, 5.41) is 0. The van der Waals surface area contributed by atoms with E-state index in [0.29, 0.717) is 5.92 Å². The van der Waals surface area contributed by atoms with Gasteiger partial charge in [0.2, 0.25) is 0 Å². The molecule has 94 valence electrons. The number of hydrogen-bond donors (Lipinski definition) is 0. The molecule has 0 amide bonds. The van der Waals surface area contributed by atoms with Gasteiger partial charge in [-0.25, -0.2) is 0 Å². The maximum Gasteiger partial charge on any atom is 0.128 e. The first kappa shape index (κ1) is 13.8. The molecular formula is C15H22O2. The summed E-state index contributed by atoms with van der Waals surface area (Å²) in [6.07, 6.45) is 0.0603. The van der Waals surface area contributed by atoms with E-state index in [1.54, 1.807) is 14.2 Å². The Morgan fingerprint density at radius 1 is 1.00 bits per heavy atom. The van der Waals surface area contributed by atoms with Crippen molar-refractivity contribution in [3.8, 4) is 0 Å². The van der Waals surface area contributed by atoms with Crippen molar-refractivity contribution in [3.05, 3.63) is 41.5 Å². The Bertz CT molecular complexity index is 366. The molecule has 0 heterocycles. The fourth-order valence-corrected chi connectivity index (χ4v) is 2.04. The maximum atomic E-state index is 5.58. The van der Waals surface area contributed by atoms with E-state index in [4.69, 9.17) is 9.47 Å². The lowest BCUT2D eigenvalue weighted by Crippen LogP contribution is -2.16. The molecule has 0 aliphatic rings. The molecule has 1 unspecified atom stereocenters. The van der Waals surface area contributed by atoms with Crippen LogP contribution in [0.2, 0.25) is 0 Å². The van der Waals surface area contributed by atoms with Crippen LogP contribution in [0.5, 0.6) is 0 Å². The Labute approximate surface area is 104 Å². The highest BCUT2D eigenvalue weighted by Gasteiger charge is 2.19. The molecule has 1 aromatic carbocycles. The average molecular weight is 234 g/mol. The third-order valence-electron chi connectivity index (χ3n) is 2.92. The quantitative estimate of drug-likeness (QED) is 0.723. The van der Waals surface area contributed by atoms with Crippen LogP contribution in [-0.4, -0.2) is 20.3 Å². The Kier molecular flexibility index (Phi) is 5.23. The Morgan fingerprint density at radius 3 is 2.00 bits per heavy atom. The van der Waals surface area contributed by atoms with Gasteiger partial charge in [0.1, 0.15) is 5.76 Å². The largest absolute Gasteiger partial charge is 0.496 e. The van der Waals surface area contributed by atoms with Crippen LogP contribution in [0.1, 0.15) is 26.3 Å². The van der Waals surface area contributed by atoms with Crippen molar-refractivity contribution in [1.29, 1.82) is 0 Å². The van der Waals surface area contributed by atoms with Crippen molar-refractivity contribution in [3.63, 3.8) is 0 Å². The second-order valence-electron chi connectivity index (χ2n) is 4.39. The van der Waals surface area contributed by atoms with Crippen LogP contribution in [-0.2, 0) is 9.47 Å². The van der Waals surface area contributed by atoms with E-state index in [1.807, 2.05) is 18.2 Å². The van der Waals surface area contributed by atoms with Crippen LogP contribution in [0.15, 0.2) is 35.9 Å². The Balaban J connectivity index is 3.27. The fourth-order valence-electron chi connectivity index (χ4n) is 2.04. The number of rotatable bonds is 5. The molecule has 1 rings (SSSR count). The molecular weight excluding hydrogens is 212 g/mol. The van der Waals surface area contributed by atoms with Crippen molar-refractivity contribution in [1.82, 2.24) is 0 Å². The number of benzene rings is 1. The molecule has 0 aromatic heterocycles. The molecule has 1 atom stereocenters. The summed E-state index contributed by atoms with van der Waals surface area (Å²) in [5.41, 5.74) is 2.30. The van der Waals surface area contributed by atoms with Crippen molar-refractivity contribution in [2.75, 3.05) is 14.2 Å². The standard InChI is InChI=1S/C15H22O2/c1-11(2)14(12(3)16-4)15(17-5)13-9-7-6-8-10-13/h6-12H,1-5H3. The van der Waals surface area contributed by atoms with Crippen LogP contribution in [0.3, 0.4) is 0 Å². The van der Waals surface area contributed by atoms with Crippen LogP contribution >= 0.6 is 0 Å². The van der Waals surface area contributed by atoms with Crippen molar-refractivity contribution in [2.24, 2.45) is 5.92 Å². The molecule has 0 aliphatic heterocycles. The number of hydrogen-bond acceptors (Lipinski definition) is 2. The van der Waals surface area contributed by atoms with Gasteiger partial charge in [0, 0.05) is 18.2 Å². The third kappa shape index (κ3) is 3.34. The summed E-state index contributed by atoms with van der Waals surface area (Å²) in [6, 6.07) is 10.2. The van der Waals surface area contributed by atoms with Gasteiger partial charge < -0.3 is 9.47 Å². The van der Waals surface area contributed by atoms with E-state index in [0.717, 1.165) is 11.3 Å². The predicted octanol–water partition coefficient (Wildman–Crippen LogP) is 3.74. The Morgan fingerprint density at radius 2 is 1.59 bits per heavy atom. The maximum absolute atomic E-state index is 5.58. The lowest BCUT2D eigenvalue weighted by Gasteiger charge is -2.22. The number of methoxy groups -OCH3 is 2. The molecule has 0 spiro atoms. The van der Waals surface area contributed by atoms with Gasteiger partial charge >= 0.3 is 0 Å². The highest BCUT2D eigenvalue weighted by Crippen LogP contribution is 2.28. The summed E-state index contributed by atoms with van der Waals surface area (Å²) in [5.74, 6) is 1.31. The van der Waals surface area contributed by atoms with Crippen molar-refractivity contribution < 1.29 is 9.47 Å². The smallest absolute Gasteiger partial charge is 0.128 e. The molecule has 0 radical (unpaired) electrons. The van der Waals surface area contributed by atoms with Crippen LogP contribution in [0.4, 0.5) is 0 Å². The van der Waals surface area contributed by atoms with Gasteiger partial charge in [-0.05, 0) is 12.8 Å². The lowest BCUT2D eigenvalue weighted by atomic mass is 9.94. The molecule has 0 saturated carbocycles. The molecule has 0 aliphatic carbocycles. The van der Waals surface area contributed by atoms with Crippen LogP contribution < -0.4 is 0 Å². The summed E-state index contributed by atoms with van der Waals surface area (Å²) in [7, 11) is 3.44. The zero-order valence-electron chi connectivity index (χ0n) is 11.4. The van der Waals surface area contributed by atoms with Gasteiger partial charge in [-0.1, -0.05) is 44.2 Å². The van der Waals surface area contributed by atoms with Gasteiger partial charge in [0.05, 0.1) is 13.2 Å². The summed E-state index contributed by atoms with van der Waals surface area (Å²) in [6.45, 7) is 6.37. The number of ether oxygens (including phenoxy) is 2. The second-order valence-corrected chi connectivity index (χ2v) is 4.39. The van der Waals surface area contributed by atoms with Gasteiger partial charge in [-0.3, -0.25) is 0 Å². The van der Waals surface area contributed by atoms with Crippen LogP contribution in [0.25, 0.3) is 5.76 Å². The molecule has 17 heavy (non-hydrogen) atoms. The molecule has 0 fully saturated rings. The molecule has 0 saturated heterocycles. The first-order valence-electron chi connectivity index (χ1n) is 5.98. The monoisotopic (exact) mass is 234 g/mol. The topological polar surface area (TPSA) is 18.5 Å². The summed E-state index contributed by atoms with van der Waals surface area (Å²) >= 11 is 0. The van der Waals surface area contributed by atoms with E-state index in [-0.39, 0.29) is 6.10 Å². The third-order valence-corrected chi connectivity index (χ3v) is 2.92. The van der Waals surface area contributed by atoms with E-state index in [1.165, 1.54) is 5.57 Å². The lowest BCUT2D eigenvalue weighted by molar-refractivity contribution is 0.137. The first-order valence-corrected chi connectivity index (χ1v) is 5.98. The van der Waals surface area contributed by atoms with E-state index < -0.39 is 0 Å². The zero-order chi connectivity index (χ0) is 12.8. The minimum absolute atomic E-state index is 0.0603. The fraction of sp³-hybridized carbons (Fsp3) is 0.467. The molecule has 1 aromatic rings. The minimum atomic E-state index is 0.0603. The highest BCUT2D eigenvalue weighted by molar-refractivity contribution is 5.64. The van der Waals surface area contributed by atoms with Gasteiger partial charge in [0.15, 0.2) is 0 Å². The van der Waals surface area contributed by atoms with Gasteiger partial charge in [0.25, 0.3) is 0 Å². The predicted molar refractivity (Wildman–Crippen MR) is 71.7 cm³/mol. The first-order chi connectivity index (χ1) is 8.11. The normalized spacial score (nSPS) is 14.5. The highest BCUT2D eigenvalue weighted by atomic mass is 16.5. The Hall–Kier alpha value is -1.28. The molecule has 2 nitrogen and oxygen atoms in total. The van der Waals surface area contributed by atoms with E-state index in [2.05, 4.69) is 32.9 Å². The van der Waals surface area contributed by atoms with E-state index >= 15 is 0 Å². The zero-order valence-corrected chi connectivity index (χ0v) is 11.4. The molecule has 0 N–H and O–H groups in total. The SMILES string of the molecule is COC(=C(C(C)C)C(C)OC)c1ccccc1. The summed E-state index contributed by atoms with van der Waals surface area (Å²) < 4.78 is 11.0. The second kappa shape index (κ2) is 6.45. The minimum Gasteiger partial charge on any atom is -0.496 e. The molecule has 2 heteroatoms. The van der Waals surface area contributed by atoms with Crippen molar-refractivity contribution in [2.45, 2.75) is 26.9 Å². The van der Waals surface area contributed by atoms with Crippen LogP contribution in [0, 0.1) is 5.92 Å². The van der Waals surface area contributed by atoms with Crippen molar-refractivity contribution >= 4 is 5.76 Å². The van der Waals surface area contributed by atoms with Gasteiger partial charge in [-0.15, -0.1) is 0 Å². The average Bonchev–Trinajstić information content (AvgIpc) is 2.35. The van der Waals surface area contributed by atoms with E-state index in [9.17, 15) is 0 Å². The molecule has 0 bridgehead atoms.